The molecule has 1 aliphatic rings. The van der Waals surface area contributed by atoms with Crippen LogP contribution < -0.4 is 15.0 Å². The summed E-state index contributed by atoms with van der Waals surface area (Å²) in [7, 11) is 1.47. The third-order valence-corrected chi connectivity index (χ3v) is 6.70. The van der Waals surface area contributed by atoms with Crippen molar-refractivity contribution >= 4 is 22.0 Å². The van der Waals surface area contributed by atoms with E-state index in [0.29, 0.717) is 22.0 Å². The molecule has 0 atom stereocenters. The largest absolute Gasteiger partial charge is 0.493 e. The van der Waals surface area contributed by atoms with Crippen LogP contribution in [0, 0.1) is 6.92 Å². The monoisotopic (exact) mass is 478 g/mol. The highest BCUT2D eigenvalue weighted by atomic mass is 32.1. The number of methoxy groups -OCH3 is 1. The molecule has 0 saturated carbocycles. The Bertz CT molecular complexity index is 1290. The number of halogens is 3. The SMILES string of the molecule is COc1cc(-c2[nH]nc(-c3nc(C)c(N4CCNCC4)s3)c2CC(F)(F)F)cn2ncnc12. The minimum absolute atomic E-state index is 0.0321. The highest BCUT2D eigenvalue weighted by Crippen LogP contribution is 2.40. The van der Waals surface area contributed by atoms with Gasteiger partial charge in [0.15, 0.2) is 11.4 Å². The van der Waals surface area contributed by atoms with Gasteiger partial charge >= 0.3 is 6.18 Å². The fourth-order valence-corrected chi connectivity index (χ4v) is 5.12. The molecule has 1 aliphatic heterocycles. The molecule has 0 unspecified atom stereocenters. The third-order valence-electron chi connectivity index (χ3n) is 5.47. The fourth-order valence-electron chi connectivity index (χ4n) is 3.99. The Labute approximate surface area is 190 Å². The molecule has 9 nitrogen and oxygen atoms in total. The Kier molecular flexibility index (Phi) is 5.44. The van der Waals surface area contributed by atoms with Crippen molar-refractivity contribution in [1.82, 2.24) is 35.1 Å². The van der Waals surface area contributed by atoms with Crippen molar-refractivity contribution in [3.8, 4) is 27.7 Å². The number of aryl methyl sites for hydroxylation is 1. The zero-order chi connectivity index (χ0) is 23.2. The van der Waals surface area contributed by atoms with Gasteiger partial charge in [0.1, 0.15) is 22.0 Å². The van der Waals surface area contributed by atoms with Crippen LogP contribution in [0.25, 0.3) is 27.6 Å². The van der Waals surface area contributed by atoms with Gasteiger partial charge in [0.05, 0.1) is 24.9 Å². The zero-order valence-electron chi connectivity index (χ0n) is 17.9. The van der Waals surface area contributed by atoms with Gasteiger partial charge in [-0.15, -0.1) is 0 Å². The van der Waals surface area contributed by atoms with E-state index in [1.165, 1.54) is 29.3 Å². The van der Waals surface area contributed by atoms with E-state index in [9.17, 15) is 13.2 Å². The van der Waals surface area contributed by atoms with Gasteiger partial charge in [-0.05, 0) is 13.0 Å². The number of thiazole rings is 1. The minimum Gasteiger partial charge on any atom is -0.493 e. The summed E-state index contributed by atoms with van der Waals surface area (Å²) >= 11 is 1.36. The predicted octanol–water partition coefficient (Wildman–Crippen LogP) is 3.07. The van der Waals surface area contributed by atoms with Gasteiger partial charge in [-0.25, -0.2) is 14.5 Å². The molecule has 13 heteroatoms. The van der Waals surface area contributed by atoms with E-state index in [1.807, 2.05) is 6.92 Å². The van der Waals surface area contributed by atoms with Crippen molar-refractivity contribution in [2.45, 2.75) is 19.5 Å². The van der Waals surface area contributed by atoms with Crippen LogP contribution in [0.2, 0.25) is 0 Å². The summed E-state index contributed by atoms with van der Waals surface area (Å²) in [6.07, 6.45) is -2.62. The number of aromatic amines is 1. The first-order chi connectivity index (χ1) is 15.8. The lowest BCUT2D eigenvalue weighted by atomic mass is 10.0. The number of hydrogen-bond donors (Lipinski definition) is 2. The lowest BCUT2D eigenvalue weighted by Crippen LogP contribution is -2.43. The van der Waals surface area contributed by atoms with Crippen molar-refractivity contribution in [1.29, 1.82) is 0 Å². The number of anilines is 1. The van der Waals surface area contributed by atoms with Crippen LogP contribution in [0.4, 0.5) is 18.2 Å². The zero-order valence-corrected chi connectivity index (χ0v) is 18.7. The number of nitrogens with one attached hydrogen (secondary N) is 2. The first-order valence-electron chi connectivity index (χ1n) is 10.3. The standard InChI is InChI=1S/C20H21F3N8OS/c1-11-19(30-5-3-24-4-6-30)33-18(27-11)16-13(8-20(21,22)23)15(28-29-16)12-7-14(32-2)17-25-10-26-31(17)9-12/h7,9-10,24H,3-6,8H2,1-2H3,(H,28,29). The molecule has 33 heavy (non-hydrogen) atoms. The molecule has 4 aromatic rings. The van der Waals surface area contributed by atoms with Gasteiger partial charge < -0.3 is 15.0 Å². The average Bonchev–Trinajstić information content (AvgIpc) is 3.50. The third kappa shape index (κ3) is 4.13. The number of ether oxygens (including phenoxy) is 1. The number of aromatic nitrogens is 6. The number of H-pyrrole nitrogens is 1. The van der Waals surface area contributed by atoms with Gasteiger partial charge in [-0.3, -0.25) is 5.10 Å². The first kappa shape index (κ1) is 21.6. The molecular weight excluding hydrogens is 457 g/mol. The van der Waals surface area contributed by atoms with E-state index in [0.717, 1.165) is 36.9 Å². The van der Waals surface area contributed by atoms with Gasteiger partial charge in [0, 0.05) is 43.5 Å². The summed E-state index contributed by atoms with van der Waals surface area (Å²) in [5.74, 6) is 0.394. The molecule has 1 saturated heterocycles. The summed E-state index contributed by atoms with van der Waals surface area (Å²) in [5.41, 5.74) is 2.19. The number of pyridine rings is 1. The second-order valence-electron chi connectivity index (χ2n) is 7.69. The van der Waals surface area contributed by atoms with E-state index in [1.54, 1.807) is 12.3 Å². The van der Waals surface area contributed by atoms with Crippen molar-refractivity contribution in [3.05, 3.63) is 29.8 Å². The summed E-state index contributed by atoms with van der Waals surface area (Å²) in [6, 6.07) is 1.63. The highest BCUT2D eigenvalue weighted by molar-refractivity contribution is 7.19. The number of rotatable bonds is 5. The second-order valence-corrected chi connectivity index (χ2v) is 8.67. The smallest absolute Gasteiger partial charge is 0.393 e. The van der Waals surface area contributed by atoms with E-state index >= 15 is 0 Å². The second kappa shape index (κ2) is 8.30. The lowest BCUT2D eigenvalue weighted by molar-refractivity contribution is -0.127. The summed E-state index contributed by atoms with van der Waals surface area (Å²) in [6.45, 7) is 5.22. The molecule has 0 bridgehead atoms. The molecule has 0 aromatic carbocycles. The summed E-state index contributed by atoms with van der Waals surface area (Å²) in [5, 5.41) is 15.9. The van der Waals surface area contributed by atoms with Crippen molar-refractivity contribution < 1.29 is 17.9 Å². The normalized spacial score (nSPS) is 14.9. The Morgan fingerprint density at radius 1 is 1.24 bits per heavy atom. The molecule has 0 amide bonds. The Morgan fingerprint density at radius 3 is 2.76 bits per heavy atom. The van der Waals surface area contributed by atoms with E-state index in [-0.39, 0.29) is 17.0 Å². The van der Waals surface area contributed by atoms with E-state index in [2.05, 4.69) is 35.5 Å². The van der Waals surface area contributed by atoms with Gasteiger partial charge in [-0.2, -0.15) is 23.4 Å². The first-order valence-corrected chi connectivity index (χ1v) is 11.1. The molecule has 0 aliphatic carbocycles. The van der Waals surface area contributed by atoms with Crippen LogP contribution in [-0.2, 0) is 6.42 Å². The molecule has 5 rings (SSSR count). The fraction of sp³-hybridized carbons (Fsp3) is 0.400. The molecule has 2 N–H and O–H groups in total. The highest BCUT2D eigenvalue weighted by Gasteiger charge is 2.34. The van der Waals surface area contributed by atoms with Gasteiger partial charge in [0.25, 0.3) is 0 Å². The van der Waals surface area contributed by atoms with E-state index < -0.39 is 12.6 Å². The number of nitrogens with zero attached hydrogens (tertiary/aromatic N) is 6. The van der Waals surface area contributed by atoms with Crippen LogP contribution in [-0.4, -0.2) is 69.2 Å². The maximum Gasteiger partial charge on any atom is 0.393 e. The van der Waals surface area contributed by atoms with Crippen molar-refractivity contribution in [2.24, 2.45) is 0 Å². The number of piperazine rings is 1. The van der Waals surface area contributed by atoms with Crippen molar-refractivity contribution in [3.63, 3.8) is 0 Å². The van der Waals surface area contributed by atoms with Crippen LogP contribution in [0.5, 0.6) is 5.75 Å². The van der Waals surface area contributed by atoms with Crippen LogP contribution in [0.3, 0.4) is 0 Å². The van der Waals surface area contributed by atoms with Gasteiger partial charge in [-0.1, -0.05) is 11.3 Å². The number of hydrogen-bond acceptors (Lipinski definition) is 8. The van der Waals surface area contributed by atoms with Crippen LogP contribution in [0.15, 0.2) is 18.6 Å². The minimum atomic E-state index is -4.43. The molecular formula is C20H21F3N8OS. The molecule has 5 heterocycles. The Hall–Kier alpha value is -3.19. The van der Waals surface area contributed by atoms with E-state index in [4.69, 9.17) is 4.74 Å². The Morgan fingerprint density at radius 2 is 2.03 bits per heavy atom. The average molecular weight is 479 g/mol. The van der Waals surface area contributed by atoms with Gasteiger partial charge in [0.2, 0.25) is 0 Å². The molecule has 1 fully saturated rings. The van der Waals surface area contributed by atoms with Crippen molar-refractivity contribution in [2.75, 3.05) is 38.2 Å². The van der Waals surface area contributed by atoms with Crippen LogP contribution in [0.1, 0.15) is 11.3 Å². The molecule has 4 aromatic heterocycles. The topological polar surface area (TPSA) is 96.3 Å². The molecule has 0 radical (unpaired) electrons. The predicted molar refractivity (Wildman–Crippen MR) is 118 cm³/mol. The maximum absolute atomic E-state index is 13.6. The number of fused-ring (bicyclic) bond motifs is 1. The Balaban J connectivity index is 1.62. The molecule has 174 valence electrons. The summed E-state index contributed by atoms with van der Waals surface area (Å²) in [4.78, 5) is 10.9. The summed E-state index contributed by atoms with van der Waals surface area (Å²) < 4.78 is 47.7. The maximum atomic E-state index is 13.6. The molecule has 0 spiro atoms. The number of alkyl halides is 3. The quantitative estimate of drug-likeness (QED) is 0.455. The lowest BCUT2D eigenvalue weighted by Gasteiger charge is -2.28. The van der Waals surface area contributed by atoms with Crippen LogP contribution >= 0.6 is 11.3 Å².